The molecule has 0 aliphatic rings. The molecule has 0 aliphatic heterocycles. The zero-order valence-electron chi connectivity index (χ0n) is 9.77. The molecule has 94 valence electrons. The van der Waals surface area contributed by atoms with E-state index in [-0.39, 0.29) is 11.7 Å². The molecule has 0 aromatic heterocycles. The lowest BCUT2D eigenvalue weighted by atomic mass is 10.2. The van der Waals surface area contributed by atoms with Gasteiger partial charge < -0.3 is 14.6 Å². The van der Waals surface area contributed by atoms with Gasteiger partial charge in [-0.3, -0.25) is 0 Å². The third-order valence-corrected chi connectivity index (χ3v) is 2.55. The Morgan fingerprint density at radius 3 is 2.82 bits per heavy atom. The van der Waals surface area contributed by atoms with Crippen molar-refractivity contribution < 1.29 is 19.4 Å². The van der Waals surface area contributed by atoms with Gasteiger partial charge in [0.25, 0.3) is 0 Å². The molecule has 0 fully saturated rings. The predicted octanol–water partition coefficient (Wildman–Crippen LogP) is 2.95. The molecule has 1 aromatic rings. The molecule has 1 atom stereocenters. The molecule has 1 aromatic carbocycles. The van der Waals surface area contributed by atoms with E-state index in [9.17, 15) is 4.79 Å². The van der Waals surface area contributed by atoms with Gasteiger partial charge in [-0.2, -0.15) is 0 Å². The number of rotatable bonds is 6. The van der Waals surface area contributed by atoms with Gasteiger partial charge in [-0.25, -0.2) is 4.79 Å². The Balaban J connectivity index is 2.81. The van der Waals surface area contributed by atoms with E-state index in [0.29, 0.717) is 19.0 Å². The average molecular weight is 303 g/mol. The Kier molecular flexibility index (Phi) is 5.44. The molecule has 0 saturated carbocycles. The topological polar surface area (TPSA) is 55.8 Å². The standard InChI is InChI=1S/C12H15BrO4/c1-3-16-7-8(2)17-11-6-9(13)4-5-10(11)12(14)15/h4-6,8H,3,7H2,1-2H3,(H,14,15). The summed E-state index contributed by atoms with van der Waals surface area (Å²) in [4.78, 5) is 11.0. The van der Waals surface area contributed by atoms with Gasteiger partial charge >= 0.3 is 5.97 Å². The Morgan fingerprint density at radius 2 is 2.24 bits per heavy atom. The number of hydrogen-bond acceptors (Lipinski definition) is 3. The van der Waals surface area contributed by atoms with Gasteiger partial charge in [0.15, 0.2) is 0 Å². The Bertz CT molecular complexity index is 392. The quantitative estimate of drug-likeness (QED) is 0.878. The van der Waals surface area contributed by atoms with E-state index in [2.05, 4.69) is 15.9 Å². The lowest BCUT2D eigenvalue weighted by Gasteiger charge is -2.16. The second-order valence-corrected chi connectivity index (χ2v) is 4.45. The van der Waals surface area contributed by atoms with Crippen molar-refractivity contribution in [2.45, 2.75) is 20.0 Å². The molecule has 0 amide bonds. The molecule has 0 saturated heterocycles. The molecule has 1 unspecified atom stereocenters. The predicted molar refractivity (Wildman–Crippen MR) is 67.7 cm³/mol. The number of ether oxygens (including phenoxy) is 2. The van der Waals surface area contributed by atoms with Crippen LogP contribution in [-0.2, 0) is 4.74 Å². The van der Waals surface area contributed by atoms with Crippen molar-refractivity contribution >= 4 is 21.9 Å². The number of carboxylic acids is 1. The smallest absolute Gasteiger partial charge is 0.339 e. The van der Waals surface area contributed by atoms with Crippen LogP contribution in [0.4, 0.5) is 0 Å². The summed E-state index contributed by atoms with van der Waals surface area (Å²) in [6, 6.07) is 4.82. The maximum Gasteiger partial charge on any atom is 0.339 e. The van der Waals surface area contributed by atoms with Crippen LogP contribution in [0.1, 0.15) is 24.2 Å². The van der Waals surface area contributed by atoms with Crippen LogP contribution in [-0.4, -0.2) is 30.4 Å². The van der Waals surface area contributed by atoms with Crippen molar-refractivity contribution in [3.05, 3.63) is 28.2 Å². The highest BCUT2D eigenvalue weighted by atomic mass is 79.9. The normalized spacial score (nSPS) is 12.2. The zero-order valence-corrected chi connectivity index (χ0v) is 11.4. The van der Waals surface area contributed by atoms with Gasteiger partial charge in [0.1, 0.15) is 17.4 Å². The second kappa shape index (κ2) is 6.61. The molecule has 5 heteroatoms. The molecule has 4 nitrogen and oxygen atoms in total. The molecule has 1 N–H and O–H groups in total. The summed E-state index contributed by atoms with van der Waals surface area (Å²) in [6.45, 7) is 4.77. The van der Waals surface area contributed by atoms with Gasteiger partial charge in [-0.15, -0.1) is 0 Å². The minimum atomic E-state index is -1.00. The number of carboxylic acid groups (broad SMARTS) is 1. The number of carbonyl (C=O) groups is 1. The molecule has 0 aliphatic carbocycles. The average Bonchev–Trinajstić information content (AvgIpc) is 2.26. The van der Waals surface area contributed by atoms with Crippen LogP contribution < -0.4 is 4.74 Å². The number of aromatic carboxylic acids is 1. The van der Waals surface area contributed by atoms with Crippen molar-refractivity contribution in [1.29, 1.82) is 0 Å². The van der Waals surface area contributed by atoms with Crippen molar-refractivity contribution in [3.8, 4) is 5.75 Å². The lowest BCUT2D eigenvalue weighted by molar-refractivity contribution is 0.0606. The van der Waals surface area contributed by atoms with E-state index in [1.807, 2.05) is 13.8 Å². The van der Waals surface area contributed by atoms with Crippen LogP contribution in [0, 0.1) is 0 Å². The molecule has 1 rings (SSSR count). The first kappa shape index (κ1) is 14.0. The third kappa shape index (κ3) is 4.36. The Hall–Kier alpha value is -1.07. The summed E-state index contributed by atoms with van der Waals surface area (Å²) in [7, 11) is 0. The first-order chi connectivity index (χ1) is 8.04. The Labute approximate surface area is 109 Å². The van der Waals surface area contributed by atoms with Crippen LogP contribution in [0.5, 0.6) is 5.75 Å². The fourth-order valence-electron chi connectivity index (χ4n) is 1.30. The summed E-state index contributed by atoms with van der Waals surface area (Å²) in [5.74, 6) is -0.657. The first-order valence-corrected chi connectivity index (χ1v) is 6.11. The van der Waals surface area contributed by atoms with Gasteiger partial charge in [-0.05, 0) is 32.0 Å². The van der Waals surface area contributed by atoms with E-state index >= 15 is 0 Å². The third-order valence-electron chi connectivity index (χ3n) is 2.06. The molecule has 0 spiro atoms. The molecule has 0 bridgehead atoms. The van der Waals surface area contributed by atoms with Gasteiger partial charge in [0, 0.05) is 11.1 Å². The number of benzene rings is 1. The molecule has 0 radical (unpaired) electrons. The molecule has 0 heterocycles. The summed E-state index contributed by atoms with van der Waals surface area (Å²) >= 11 is 3.28. The van der Waals surface area contributed by atoms with Crippen LogP contribution in [0.25, 0.3) is 0 Å². The Morgan fingerprint density at radius 1 is 1.53 bits per heavy atom. The van der Waals surface area contributed by atoms with Crippen molar-refractivity contribution in [3.63, 3.8) is 0 Å². The minimum Gasteiger partial charge on any atom is -0.487 e. The zero-order chi connectivity index (χ0) is 12.8. The minimum absolute atomic E-state index is 0.150. The monoisotopic (exact) mass is 302 g/mol. The highest BCUT2D eigenvalue weighted by Crippen LogP contribution is 2.24. The van der Waals surface area contributed by atoms with Crippen molar-refractivity contribution in [2.24, 2.45) is 0 Å². The van der Waals surface area contributed by atoms with Crippen LogP contribution in [0.2, 0.25) is 0 Å². The van der Waals surface area contributed by atoms with Crippen LogP contribution in [0.3, 0.4) is 0 Å². The fourth-order valence-corrected chi connectivity index (χ4v) is 1.65. The maximum atomic E-state index is 11.0. The number of halogens is 1. The first-order valence-electron chi connectivity index (χ1n) is 5.31. The molecule has 17 heavy (non-hydrogen) atoms. The van der Waals surface area contributed by atoms with Gasteiger partial charge in [0.05, 0.1) is 6.61 Å². The van der Waals surface area contributed by atoms with E-state index in [1.54, 1.807) is 12.1 Å². The summed E-state index contributed by atoms with van der Waals surface area (Å²) in [5, 5.41) is 9.02. The van der Waals surface area contributed by atoms with E-state index in [1.165, 1.54) is 6.07 Å². The molecular weight excluding hydrogens is 288 g/mol. The second-order valence-electron chi connectivity index (χ2n) is 3.53. The van der Waals surface area contributed by atoms with Gasteiger partial charge in [0.2, 0.25) is 0 Å². The summed E-state index contributed by atoms with van der Waals surface area (Å²) in [6.07, 6.45) is -0.192. The van der Waals surface area contributed by atoms with Crippen molar-refractivity contribution in [2.75, 3.05) is 13.2 Å². The SMILES string of the molecule is CCOCC(C)Oc1cc(Br)ccc1C(=O)O. The highest BCUT2D eigenvalue weighted by Gasteiger charge is 2.14. The summed E-state index contributed by atoms with van der Waals surface area (Å²) in [5.41, 5.74) is 0.150. The van der Waals surface area contributed by atoms with Crippen LogP contribution in [0.15, 0.2) is 22.7 Å². The van der Waals surface area contributed by atoms with Gasteiger partial charge in [-0.1, -0.05) is 15.9 Å². The largest absolute Gasteiger partial charge is 0.487 e. The van der Waals surface area contributed by atoms with Crippen molar-refractivity contribution in [1.82, 2.24) is 0 Å². The van der Waals surface area contributed by atoms with E-state index in [0.717, 1.165) is 4.47 Å². The summed E-state index contributed by atoms with van der Waals surface area (Å²) < 4.78 is 11.5. The van der Waals surface area contributed by atoms with Crippen LogP contribution >= 0.6 is 15.9 Å². The van der Waals surface area contributed by atoms with E-state index in [4.69, 9.17) is 14.6 Å². The van der Waals surface area contributed by atoms with E-state index < -0.39 is 5.97 Å². The lowest BCUT2D eigenvalue weighted by Crippen LogP contribution is -2.20. The molecular formula is C12H15BrO4. The number of hydrogen-bond donors (Lipinski definition) is 1. The highest BCUT2D eigenvalue weighted by molar-refractivity contribution is 9.10. The fraction of sp³-hybridized carbons (Fsp3) is 0.417. The maximum absolute atomic E-state index is 11.0.